The van der Waals surface area contributed by atoms with Crippen LogP contribution in [0.5, 0.6) is 0 Å². The molecule has 5 rings (SSSR count). The second-order valence-electron chi connectivity index (χ2n) is 8.07. The number of aromatic nitrogens is 2. The van der Waals surface area contributed by atoms with Crippen molar-refractivity contribution >= 4 is 29.1 Å². The third kappa shape index (κ3) is 5.04. The molecule has 0 bridgehead atoms. The molecule has 0 saturated carbocycles. The molecular formula is C26H25N5OS. The standard InChI is InChI=1S/C26H25N5OS/c1-18-15-24(31-14-13-19-7-5-6-10-21(19)17-31)29-25(28-18)30-26(33)27-16-22-11-12-23(32-22)20-8-3-2-4-9-20/h2-12,15H,13-14,16-17H2,1H3,(H2,27,28,29,30,33). The lowest BCUT2D eigenvalue weighted by Gasteiger charge is -2.30. The molecule has 0 amide bonds. The molecule has 0 unspecified atom stereocenters. The van der Waals surface area contributed by atoms with Crippen LogP contribution >= 0.6 is 12.2 Å². The lowest BCUT2D eigenvalue weighted by atomic mass is 10.00. The van der Waals surface area contributed by atoms with Crippen molar-refractivity contribution in [1.29, 1.82) is 0 Å². The normalized spacial score (nSPS) is 12.8. The van der Waals surface area contributed by atoms with Crippen LogP contribution in [-0.4, -0.2) is 21.6 Å². The van der Waals surface area contributed by atoms with Gasteiger partial charge in [-0.05, 0) is 48.8 Å². The van der Waals surface area contributed by atoms with Crippen LogP contribution in [0.1, 0.15) is 22.6 Å². The van der Waals surface area contributed by atoms with Crippen LogP contribution in [-0.2, 0) is 19.5 Å². The number of hydrogen-bond acceptors (Lipinski definition) is 5. The average molecular weight is 456 g/mol. The number of benzene rings is 2. The van der Waals surface area contributed by atoms with E-state index in [0.717, 1.165) is 48.1 Å². The molecule has 33 heavy (non-hydrogen) atoms. The maximum absolute atomic E-state index is 5.93. The first-order valence-electron chi connectivity index (χ1n) is 11.0. The summed E-state index contributed by atoms with van der Waals surface area (Å²) in [5.74, 6) is 3.03. The highest BCUT2D eigenvalue weighted by Gasteiger charge is 2.18. The number of nitrogens with zero attached hydrogens (tertiary/aromatic N) is 3. The van der Waals surface area contributed by atoms with E-state index in [1.807, 2.05) is 55.5 Å². The van der Waals surface area contributed by atoms with Gasteiger partial charge < -0.3 is 20.0 Å². The van der Waals surface area contributed by atoms with E-state index < -0.39 is 0 Å². The Kier molecular flexibility index (Phi) is 6.04. The molecule has 0 radical (unpaired) electrons. The number of aryl methyl sites for hydroxylation is 1. The zero-order valence-electron chi connectivity index (χ0n) is 18.4. The fraction of sp³-hybridized carbons (Fsp3) is 0.192. The molecule has 1 aliphatic heterocycles. The SMILES string of the molecule is Cc1cc(N2CCc3ccccc3C2)nc(NC(=S)NCc2ccc(-c3ccccc3)o2)n1. The van der Waals surface area contributed by atoms with Crippen molar-refractivity contribution in [3.63, 3.8) is 0 Å². The number of thiocarbonyl (C=S) groups is 1. The Balaban J connectivity index is 1.21. The number of furan rings is 1. The molecule has 1 aliphatic rings. The zero-order valence-corrected chi connectivity index (χ0v) is 19.2. The fourth-order valence-electron chi connectivity index (χ4n) is 4.00. The summed E-state index contributed by atoms with van der Waals surface area (Å²) in [6.07, 6.45) is 1.01. The maximum atomic E-state index is 5.93. The van der Waals surface area contributed by atoms with Gasteiger partial charge in [-0.15, -0.1) is 0 Å². The van der Waals surface area contributed by atoms with Crippen LogP contribution in [0.4, 0.5) is 11.8 Å². The van der Waals surface area contributed by atoms with E-state index in [0.29, 0.717) is 17.6 Å². The molecule has 0 fully saturated rings. The van der Waals surface area contributed by atoms with Crippen molar-refractivity contribution in [2.75, 3.05) is 16.8 Å². The van der Waals surface area contributed by atoms with Gasteiger partial charge in [0.2, 0.25) is 5.95 Å². The molecule has 4 aromatic rings. The van der Waals surface area contributed by atoms with Gasteiger partial charge in [0.15, 0.2) is 5.11 Å². The Labute approximate surface area is 198 Å². The van der Waals surface area contributed by atoms with Gasteiger partial charge in [-0.3, -0.25) is 0 Å². The van der Waals surface area contributed by atoms with Crippen LogP contribution in [0, 0.1) is 6.92 Å². The predicted molar refractivity (Wildman–Crippen MR) is 135 cm³/mol. The van der Waals surface area contributed by atoms with Gasteiger partial charge >= 0.3 is 0 Å². The van der Waals surface area contributed by atoms with E-state index in [2.05, 4.69) is 44.8 Å². The van der Waals surface area contributed by atoms with Crippen molar-refractivity contribution in [3.05, 3.63) is 95.4 Å². The van der Waals surface area contributed by atoms with Gasteiger partial charge in [-0.25, -0.2) is 4.98 Å². The highest BCUT2D eigenvalue weighted by molar-refractivity contribution is 7.80. The highest BCUT2D eigenvalue weighted by Crippen LogP contribution is 2.24. The Bertz CT molecular complexity index is 1270. The second kappa shape index (κ2) is 9.42. The van der Waals surface area contributed by atoms with Gasteiger partial charge in [0.25, 0.3) is 0 Å². The molecular weight excluding hydrogens is 430 g/mol. The second-order valence-corrected chi connectivity index (χ2v) is 8.48. The van der Waals surface area contributed by atoms with Gasteiger partial charge in [0.1, 0.15) is 17.3 Å². The number of anilines is 2. The first-order chi connectivity index (χ1) is 16.1. The first-order valence-corrected chi connectivity index (χ1v) is 11.4. The predicted octanol–water partition coefficient (Wildman–Crippen LogP) is 5.09. The third-order valence-corrected chi connectivity index (χ3v) is 5.91. The minimum atomic E-state index is 0.452. The lowest BCUT2D eigenvalue weighted by molar-refractivity contribution is 0.516. The summed E-state index contributed by atoms with van der Waals surface area (Å²) in [6, 6.07) is 24.5. The van der Waals surface area contributed by atoms with Crippen LogP contribution in [0.15, 0.2) is 77.2 Å². The van der Waals surface area contributed by atoms with E-state index in [1.165, 1.54) is 11.1 Å². The summed E-state index contributed by atoms with van der Waals surface area (Å²) in [4.78, 5) is 11.5. The summed E-state index contributed by atoms with van der Waals surface area (Å²) >= 11 is 5.47. The Morgan fingerprint density at radius 3 is 2.64 bits per heavy atom. The number of hydrogen-bond donors (Lipinski definition) is 2. The van der Waals surface area contributed by atoms with Crippen molar-refractivity contribution in [3.8, 4) is 11.3 Å². The summed E-state index contributed by atoms with van der Waals surface area (Å²) < 4.78 is 5.93. The molecule has 2 N–H and O–H groups in total. The molecule has 0 aliphatic carbocycles. The molecule has 0 spiro atoms. The Morgan fingerprint density at radius 2 is 1.79 bits per heavy atom. The molecule has 6 nitrogen and oxygen atoms in total. The number of fused-ring (bicyclic) bond motifs is 1. The van der Waals surface area contributed by atoms with Crippen molar-refractivity contribution in [2.45, 2.75) is 26.4 Å². The highest BCUT2D eigenvalue weighted by atomic mass is 32.1. The summed E-state index contributed by atoms with van der Waals surface area (Å²) in [7, 11) is 0. The maximum Gasteiger partial charge on any atom is 0.231 e. The molecule has 0 saturated heterocycles. The van der Waals surface area contributed by atoms with E-state index in [-0.39, 0.29) is 0 Å². The summed E-state index contributed by atoms with van der Waals surface area (Å²) in [5, 5.41) is 6.75. The van der Waals surface area contributed by atoms with Crippen LogP contribution in [0.25, 0.3) is 11.3 Å². The quantitative estimate of drug-likeness (QED) is 0.406. The van der Waals surface area contributed by atoms with E-state index in [4.69, 9.17) is 21.6 Å². The minimum absolute atomic E-state index is 0.452. The average Bonchev–Trinajstić information content (AvgIpc) is 3.32. The molecule has 3 heterocycles. The zero-order chi connectivity index (χ0) is 22.6. The van der Waals surface area contributed by atoms with Gasteiger partial charge in [0.05, 0.1) is 6.54 Å². The molecule has 2 aromatic carbocycles. The largest absolute Gasteiger partial charge is 0.459 e. The third-order valence-electron chi connectivity index (χ3n) is 5.66. The molecule has 7 heteroatoms. The van der Waals surface area contributed by atoms with Gasteiger partial charge in [0, 0.05) is 30.4 Å². The van der Waals surface area contributed by atoms with E-state index >= 15 is 0 Å². The number of rotatable bonds is 5. The van der Waals surface area contributed by atoms with Crippen LogP contribution < -0.4 is 15.5 Å². The lowest BCUT2D eigenvalue weighted by Crippen LogP contribution is -2.32. The van der Waals surface area contributed by atoms with E-state index in [9.17, 15) is 0 Å². The van der Waals surface area contributed by atoms with Gasteiger partial charge in [-0.2, -0.15) is 4.98 Å². The van der Waals surface area contributed by atoms with Crippen LogP contribution in [0.2, 0.25) is 0 Å². The first kappa shape index (κ1) is 21.2. The number of nitrogens with one attached hydrogen (secondary N) is 2. The minimum Gasteiger partial charge on any atom is -0.459 e. The fourth-order valence-corrected chi connectivity index (χ4v) is 4.17. The van der Waals surface area contributed by atoms with E-state index in [1.54, 1.807) is 0 Å². The Hall–Kier alpha value is -3.71. The molecule has 2 aromatic heterocycles. The molecule has 166 valence electrons. The topological polar surface area (TPSA) is 66.2 Å². The van der Waals surface area contributed by atoms with Crippen molar-refractivity contribution in [1.82, 2.24) is 15.3 Å². The van der Waals surface area contributed by atoms with Crippen molar-refractivity contribution in [2.24, 2.45) is 0 Å². The monoisotopic (exact) mass is 455 g/mol. The Morgan fingerprint density at radius 1 is 1.00 bits per heavy atom. The summed E-state index contributed by atoms with van der Waals surface area (Å²) in [5.41, 5.74) is 4.70. The van der Waals surface area contributed by atoms with Gasteiger partial charge in [-0.1, -0.05) is 54.6 Å². The molecule has 0 atom stereocenters. The van der Waals surface area contributed by atoms with Crippen LogP contribution in [0.3, 0.4) is 0 Å². The summed E-state index contributed by atoms with van der Waals surface area (Å²) in [6.45, 7) is 4.22. The van der Waals surface area contributed by atoms with Crippen molar-refractivity contribution < 1.29 is 4.42 Å². The smallest absolute Gasteiger partial charge is 0.231 e.